The fourth-order valence-corrected chi connectivity index (χ4v) is 5.41. The molecule has 5 nitrogen and oxygen atoms in total. The molecule has 1 saturated heterocycles. The molecule has 2 heterocycles. The second kappa shape index (κ2) is 7.20. The summed E-state index contributed by atoms with van der Waals surface area (Å²) in [5.74, 6) is 0.598. The highest BCUT2D eigenvalue weighted by atomic mass is 16.5. The van der Waals surface area contributed by atoms with Crippen LogP contribution in [0.3, 0.4) is 0 Å². The topological polar surface area (TPSA) is 65.6 Å². The molecule has 1 unspecified atom stereocenters. The molecule has 2 N–H and O–H groups in total. The van der Waals surface area contributed by atoms with E-state index < -0.39 is 5.60 Å². The molecule has 0 radical (unpaired) electrons. The van der Waals surface area contributed by atoms with Gasteiger partial charge < -0.3 is 14.8 Å². The number of nitrogens with zero attached hydrogens (tertiary/aromatic N) is 1. The zero-order valence-corrected chi connectivity index (χ0v) is 17.4. The van der Waals surface area contributed by atoms with Crippen LogP contribution in [0.25, 0.3) is 10.9 Å². The van der Waals surface area contributed by atoms with E-state index in [1.165, 1.54) is 23.4 Å². The number of carbonyl (C=O) groups excluding carboxylic acids is 1. The van der Waals surface area contributed by atoms with Gasteiger partial charge in [0.25, 0.3) is 0 Å². The van der Waals surface area contributed by atoms with Gasteiger partial charge in [0.15, 0.2) is 0 Å². The molecule has 0 amide bonds. The predicted octanol–water partition coefficient (Wildman–Crippen LogP) is 3.70. The van der Waals surface area contributed by atoms with Gasteiger partial charge in [0, 0.05) is 42.2 Å². The molecule has 3 atom stereocenters. The van der Waals surface area contributed by atoms with Gasteiger partial charge in [0.2, 0.25) is 0 Å². The van der Waals surface area contributed by atoms with E-state index in [-0.39, 0.29) is 5.97 Å². The van der Waals surface area contributed by atoms with Crippen molar-refractivity contribution < 1.29 is 14.6 Å². The number of ether oxygens (including phenoxy) is 1. The first-order valence-corrected chi connectivity index (χ1v) is 10.5. The van der Waals surface area contributed by atoms with Gasteiger partial charge in [0.05, 0.1) is 17.9 Å². The number of esters is 1. The van der Waals surface area contributed by atoms with Gasteiger partial charge in [-0.2, -0.15) is 0 Å². The second-order valence-corrected chi connectivity index (χ2v) is 9.08. The number of fused-ring (bicyclic) bond motifs is 2. The van der Waals surface area contributed by atoms with Gasteiger partial charge in [-0.1, -0.05) is 19.1 Å². The third-order valence-corrected chi connectivity index (χ3v) is 6.43. The van der Waals surface area contributed by atoms with Gasteiger partial charge in [0.1, 0.15) is 0 Å². The molecule has 0 saturated carbocycles. The zero-order chi connectivity index (χ0) is 20.1. The quantitative estimate of drug-likeness (QED) is 0.772. The number of aromatic nitrogens is 1. The van der Waals surface area contributed by atoms with Gasteiger partial charge in [-0.25, -0.2) is 0 Å². The van der Waals surface area contributed by atoms with Crippen LogP contribution in [0.1, 0.15) is 63.3 Å². The number of H-pyrrole nitrogens is 1. The number of benzene rings is 1. The van der Waals surface area contributed by atoms with Gasteiger partial charge >= 0.3 is 5.97 Å². The third kappa shape index (κ3) is 3.35. The van der Waals surface area contributed by atoms with Gasteiger partial charge in [-0.3, -0.25) is 9.69 Å². The Labute approximate surface area is 167 Å². The van der Waals surface area contributed by atoms with Crippen molar-refractivity contribution in [1.29, 1.82) is 0 Å². The Hall–Kier alpha value is -1.85. The molecule has 2 aromatic rings. The molecule has 4 rings (SSSR count). The van der Waals surface area contributed by atoms with Crippen LogP contribution in [0.5, 0.6) is 0 Å². The lowest BCUT2D eigenvalue weighted by Crippen LogP contribution is -2.51. The normalized spacial score (nSPS) is 25.0. The third-order valence-electron chi connectivity index (χ3n) is 6.43. The van der Waals surface area contributed by atoms with Crippen LogP contribution in [0.2, 0.25) is 0 Å². The van der Waals surface area contributed by atoms with Crippen LogP contribution in [0.4, 0.5) is 0 Å². The van der Waals surface area contributed by atoms with Crippen molar-refractivity contribution in [3.63, 3.8) is 0 Å². The Balaban J connectivity index is 1.77. The van der Waals surface area contributed by atoms with Crippen LogP contribution < -0.4 is 0 Å². The van der Waals surface area contributed by atoms with Crippen molar-refractivity contribution in [3.05, 3.63) is 35.0 Å². The average Bonchev–Trinajstić information content (AvgIpc) is 3.01. The number of hydrogen-bond acceptors (Lipinski definition) is 4. The van der Waals surface area contributed by atoms with E-state index >= 15 is 0 Å². The Morgan fingerprint density at radius 1 is 1.39 bits per heavy atom. The highest BCUT2D eigenvalue weighted by molar-refractivity contribution is 5.90. The smallest absolute Gasteiger partial charge is 0.302 e. The minimum Gasteiger partial charge on any atom is -0.466 e. The lowest BCUT2D eigenvalue weighted by Gasteiger charge is -2.47. The summed E-state index contributed by atoms with van der Waals surface area (Å²) >= 11 is 0. The van der Waals surface area contributed by atoms with Crippen molar-refractivity contribution >= 4 is 16.9 Å². The molecular weight excluding hydrogens is 352 g/mol. The molecular formula is C23H32N2O3. The van der Waals surface area contributed by atoms with Crippen molar-refractivity contribution in [1.82, 2.24) is 9.88 Å². The minimum atomic E-state index is -0.888. The summed E-state index contributed by atoms with van der Waals surface area (Å²) < 4.78 is 5.37. The zero-order valence-electron chi connectivity index (χ0n) is 17.4. The number of piperidine rings is 1. The molecule has 0 bridgehead atoms. The van der Waals surface area contributed by atoms with Crippen LogP contribution >= 0.6 is 0 Å². The van der Waals surface area contributed by atoms with Crippen molar-refractivity contribution in [3.8, 4) is 0 Å². The summed E-state index contributed by atoms with van der Waals surface area (Å²) in [6.07, 6.45) is 3.10. The van der Waals surface area contributed by atoms with Gasteiger partial charge in [-0.05, 0) is 56.8 Å². The lowest BCUT2D eigenvalue weighted by molar-refractivity contribution is -0.143. The van der Waals surface area contributed by atoms with Crippen molar-refractivity contribution in [2.45, 2.75) is 64.5 Å². The standard InChI is InChI=1S/C23H32N2O3/c1-5-9-25-12-15(13-28-14(2)26)10-17-16-7-6-8-19-21(16)18(11-20(17)25)22(24-19)23(3,4)27/h6-8,15,17,20,24,27H,5,9-13H2,1-4H3/t15?,17-,20-/m1/s1. The van der Waals surface area contributed by atoms with Crippen molar-refractivity contribution in [2.24, 2.45) is 5.92 Å². The maximum absolute atomic E-state index is 11.3. The maximum Gasteiger partial charge on any atom is 0.302 e. The van der Waals surface area contributed by atoms with E-state index in [2.05, 4.69) is 35.0 Å². The number of aromatic amines is 1. The molecule has 1 fully saturated rings. The van der Waals surface area contributed by atoms with E-state index in [4.69, 9.17) is 4.74 Å². The monoisotopic (exact) mass is 384 g/mol. The summed E-state index contributed by atoms with van der Waals surface area (Å²) in [6.45, 7) is 9.95. The molecule has 152 valence electrons. The van der Waals surface area contributed by atoms with Crippen molar-refractivity contribution in [2.75, 3.05) is 19.7 Å². The number of hydrogen-bond donors (Lipinski definition) is 2. The summed E-state index contributed by atoms with van der Waals surface area (Å²) in [5.41, 5.74) is 3.84. The fraction of sp³-hybridized carbons (Fsp3) is 0.609. The van der Waals surface area contributed by atoms with Crippen LogP contribution in [-0.4, -0.2) is 46.7 Å². The summed E-state index contributed by atoms with van der Waals surface area (Å²) in [7, 11) is 0. The Morgan fingerprint density at radius 3 is 2.86 bits per heavy atom. The fourth-order valence-electron chi connectivity index (χ4n) is 5.41. The van der Waals surface area contributed by atoms with Crippen LogP contribution in [0, 0.1) is 5.92 Å². The predicted molar refractivity (Wildman–Crippen MR) is 110 cm³/mol. The van der Waals surface area contributed by atoms with E-state index in [9.17, 15) is 9.90 Å². The number of nitrogens with one attached hydrogen (secondary N) is 1. The minimum absolute atomic E-state index is 0.197. The Bertz CT molecular complexity index is 880. The molecule has 0 spiro atoms. The summed E-state index contributed by atoms with van der Waals surface area (Å²) in [4.78, 5) is 17.4. The highest BCUT2D eigenvalue weighted by Crippen LogP contribution is 2.47. The number of carbonyl (C=O) groups is 1. The maximum atomic E-state index is 11.3. The Kier molecular flexibility index (Phi) is 5.00. The first-order chi connectivity index (χ1) is 13.3. The molecule has 5 heteroatoms. The van der Waals surface area contributed by atoms with E-state index in [0.29, 0.717) is 24.5 Å². The van der Waals surface area contributed by atoms with Crippen LogP contribution in [-0.2, 0) is 21.6 Å². The number of aliphatic hydroxyl groups is 1. The molecule has 1 aromatic carbocycles. The summed E-state index contributed by atoms with van der Waals surface area (Å²) in [6, 6.07) is 6.92. The number of rotatable bonds is 5. The van der Waals surface area contributed by atoms with E-state index in [1.807, 2.05) is 13.8 Å². The van der Waals surface area contributed by atoms with Gasteiger partial charge in [-0.15, -0.1) is 0 Å². The van der Waals surface area contributed by atoms with E-state index in [1.54, 1.807) is 0 Å². The van der Waals surface area contributed by atoms with Crippen LogP contribution in [0.15, 0.2) is 18.2 Å². The first-order valence-electron chi connectivity index (χ1n) is 10.5. The lowest BCUT2D eigenvalue weighted by atomic mass is 9.71. The molecule has 28 heavy (non-hydrogen) atoms. The second-order valence-electron chi connectivity index (χ2n) is 9.08. The highest BCUT2D eigenvalue weighted by Gasteiger charge is 2.42. The first kappa shape index (κ1) is 19.5. The molecule has 2 aliphatic rings. The van der Waals surface area contributed by atoms with E-state index in [0.717, 1.165) is 43.6 Å². The molecule has 1 aliphatic carbocycles. The number of likely N-dealkylation sites (tertiary alicyclic amines) is 1. The largest absolute Gasteiger partial charge is 0.466 e. The molecule has 1 aromatic heterocycles. The SMILES string of the molecule is CCCN1CC(COC(C)=O)C[C@@H]2c3cccc4[nH]c(C(C)(C)O)c(c34)C[C@H]21. The Morgan fingerprint density at radius 2 is 2.18 bits per heavy atom. The molecule has 1 aliphatic heterocycles. The summed E-state index contributed by atoms with van der Waals surface area (Å²) in [5, 5.41) is 12.0. The average molecular weight is 385 g/mol.